The zero-order valence-electron chi connectivity index (χ0n) is 12.6. The Morgan fingerprint density at radius 1 is 1.00 bits per heavy atom. The Kier molecular flexibility index (Phi) is 5.87. The van der Waals surface area contributed by atoms with Crippen molar-refractivity contribution >= 4 is 34.7 Å². The molecule has 0 atom stereocenters. The lowest BCUT2D eigenvalue weighted by molar-refractivity contribution is -0.120. The summed E-state index contributed by atoms with van der Waals surface area (Å²) in [6, 6.07) is 10.2. The van der Waals surface area contributed by atoms with E-state index in [4.69, 9.17) is 0 Å². The Balaban J connectivity index is 2.06. The number of likely N-dealkylation sites (N-methyl/N-ethyl adjacent to an activating group) is 1. The van der Waals surface area contributed by atoms with Crippen LogP contribution in [0.4, 0.5) is 5.69 Å². The van der Waals surface area contributed by atoms with Crippen molar-refractivity contribution in [3.8, 4) is 0 Å². The monoisotopic (exact) mass is 331 g/mol. The lowest BCUT2D eigenvalue weighted by atomic mass is 10.1. The molecule has 2 aromatic rings. The first-order chi connectivity index (χ1) is 11.1. The van der Waals surface area contributed by atoms with E-state index in [0.717, 1.165) is 0 Å². The van der Waals surface area contributed by atoms with E-state index >= 15 is 0 Å². The van der Waals surface area contributed by atoms with Crippen molar-refractivity contribution in [3.05, 3.63) is 52.2 Å². The Morgan fingerprint density at radius 3 is 2.48 bits per heavy atom. The molecule has 7 heteroatoms. The zero-order valence-corrected chi connectivity index (χ0v) is 13.4. The van der Waals surface area contributed by atoms with Crippen molar-refractivity contribution in [1.82, 2.24) is 10.6 Å². The zero-order chi connectivity index (χ0) is 16.7. The summed E-state index contributed by atoms with van der Waals surface area (Å²) in [5.41, 5.74) is 0.709. The van der Waals surface area contributed by atoms with Crippen molar-refractivity contribution < 1.29 is 14.4 Å². The molecule has 3 amide bonds. The number of nitrogens with one attached hydrogen (secondary N) is 3. The predicted octanol–water partition coefficient (Wildman–Crippen LogP) is 1.87. The summed E-state index contributed by atoms with van der Waals surface area (Å²) in [5, 5.41) is 9.65. The number of hydrogen-bond donors (Lipinski definition) is 3. The number of amides is 3. The fourth-order valence-corrected chi connectivity index (χ4v) is 2.52. The van der Waals surface area contributed by atoms with Crippen molar-refractivity contribution in [1.29, 1.82) is 0 Å². The number of hydrogen-bond acceptors (Lipinski definition) is 4. The van der Waals surface area contributed by atoms with Gasteiger partial charge >= 0.3 is 0 Å². The van der Waals surface area contributed by atoms with E-state index in [1.165, 1.54) is 11.3 Å². The molecule has 0 saturated carbocycles. The second-order valence-electron chi connectivity index (χ2n) is 4.61. The van der Waals surface area contributed by atoms with Gasteiger partial charge in [-0.3, -0.25) is 14.4 Å². The van der Waals surface area contributed by atoms with E-state index in [1.807, 2.05) is 0 Å². The summed E-state index contributed by atoms with van der Waals surface area (Å²) in [6.07, 6.45) is 0. The third-order valence-electron chi connectivity index (χ3n) is 2.95. The van der Waals surface area contributed by atoms with Gasteiger partial charge in [-0.15, -0.1) is 11.3 Å². The van der Waals surface area contributed by atoms with Gasteiger partial charge in [-0.2, -0.15) is 0 Å². The molecule has 0 radical (unpaired) electrons. The van der Waals surface area contributed by atoms with Gasteiger partial charge in [0.15, 0.2) is 0 Å². The normalized spacial score (nSPS) is 9.96. The maximum atomic E-state index is 12.2. The Morgan fingerprint density at radius 2 is 1.78 bits per heavy atom. The Hall–Kier alpha value is -2.67. The first-order valence-electron chi connectivity index (χ1n) is 7.10. The van der Waals surface area contributed by atoms with Gasteiger partial charge < -0.3 is 16.0 Å². The van der Waals surface area contributed by atoms with Crippen molar-refractivity contribution in [2.24, 2.45) is 0 Å². The molecule has 2 rings (SSSR count). The van der Waals surface area contributed by atoms with Crippen molar-refractivity contribution in [2.45, 2.75) is 6.92 Å². The summed E-state index contributed by atoms with van der Waals surface area (Å²) < 4.78 is 0. The third-order valence-corrected chi connectivity index (χ3v) is 3.82. The van der Waals surface area contributed by atoms with E-state index in [9.17, 15) is 14.4 Å². The van der Waals surface area contributed by atoms with Crippen LogP contribution in [-0.4, -0.2) is 30.8 Å². The molecule has 1 aromatic heterocycles. The average Bonchev–Trinajstić information content (AvgIpc) is 3.08. The number of carbonyl (C=O) groups is 3. The predicted molar refractivity (Wildman–Crippen MR) is 89.7 cm³/mol. The number of rotatable bonds is 6. The molecule has 0 saturated heterocycles. The molecule has 1 heterocycles. The summed E-state index contributed by atoms with van der Waals surface area (Å²) in [6.45, 7) is 2.19. The molecule has 23 heavy (non-hydrogen) atoms. The highest BCUT2D eigenvalue weighted by Gasteiger charge is 2.15. The lowest BCUT2D eigenvalue weighted by Gasteiger charge is -2.11. The molecule has 0 fully saturated rings. The quantitative estimate of drug-likeness (QED) is 0.755. The van der Waals surface area contributed by atoms with Crippen molar-refractivity contribution in [3.63, 3.8) is 0 Å². The minimum absolute atomic E-state index is 0.111. The van der Waals surface area contributed by atoms with E-state index in [-0.39, 0.29) is 18.4 Å². The summed E-state index contributed by atoms with van der Waals surface area (Å²) in [5.74, 6) is -0.955. The molecule has 3 N–H and O–H groups in total. The van der Waals surface area contributed by atoms with Gasteiger partial charge in [0.1, 0.15) is 0 Å². The fraction of sp³-hybridized carbons (Fsp3) is 0.188. The highest BCUT2D eigenvalue weighted by molar-refractivity contribution is 7.12. The number of para-hydroxylation sites is 1. The van der Waals surface area contributed by atoms with Gasteiger partial charge in [-0.05, 0) is 30.5 Å². The highest BCUT2D eigenvalue weighted by atomic mass is 32.1. The SMILES string of the molecule is CCNC(=O)CNC(=O)c1ccccc1NC(=O)c1cccs1. The number of anilines is 1. The number of benzene rings is 1. The van der Waals surface area contributed by atoms with Gasteiger partial charge in [0.05, 0.1) is 22.7 Å². The van der Waals surface area contributed by atoms with E-state index in [1.54, 1.807) is 48.7 Å². The van der Waals surface area contributed by atoms with Gasteiger partial charge in [0.25, 0.3) is 11.8 Å². The molecule has 0 spiro atoms. The van der Waals surface area contributed by atoms with Gasteiger partial charge in [0.2, 0.25) is 5.91 Å². The van der Waals surface area contributed by atoms with Gasteiger partial charge in [-0.1, -0.05) is 18.2 Å². The standard InChI is InChI=1S/C16H17N3O3S/c1-2-17-14(20)10-18-15(21)11-6-3-4-7-12(11)19-16(22)13-8-5-9-23-13/h3-9H,2,10H2,1H3,(H,17,20)(H,18,21)(H,19,22). The maximum Gasteiger partial charge on any atom is 0.265 e. The molecular weight excluding hydrogens is 314 g/mol. The molecule has 0 aliphatic heterocycles. The van der Waals surface area contributed by atoms with Crippen LogP contribution in [0.5, 0.6) is 0 Å². The van der Waals surface area contributed by atoms with Gasteiger partial charge in [0, 0.05) is 6.54 Å². The van der Waals surface area contributed by atoms with Crippen LogP contribution >= 0.6 is 11.3 Å². The van der Waals surface area contributed by atoms with Gasteiger partial charge in [-0.25, -0.2) is 0 Å². The van der Waals surface area contributed by atoms with E-state index in [0.29, 0.717) is 22.7 Å². The minimum Gasteiger partial charge on any atom is -0.355 e. The van der Waals surface area contributed by atoms with Crippen LogP contribution in [0.3, 0.4) is 0 Å². The van der Waals surface area contributed by atoms with Crippen LogP contribution in [0.2, 0.25) is 0 Å². The molecule has 1 aromatic carbocycles. The maximum absolute atomic E-state index is 12.2. The smallest absolute Gasteiger partial charge is 0.265 e. The van der Waals surface area contributed by atoms with Crippen molar-refractivity contribution in [2.75, 3.05) is 18.4 Å². The van der Waals surface area contributed by atoms with E-state index < -0.39 is 5.91 Å². The molecule has 120 valence electrons. The number of thiophene rings is 1. The molecule has 0 aliphatic rings. The summed E-state index contributed by atoms with van der Waals surface area (Å²) >= 11 is 1.32. The summed E-state index contributed by atoms with van der Waals surface area (Å²) in [4.78, 5) is 36.3. The third kappa shape index (κ3) is 4.65. The second kappa shape index (κ2) is 8.09. The van der Waals surface area contributed by atoms with Crippen LogP contribution in [0.25, 0.3) is 0 Å². The molecular formula is C16H17N3O3S. The molecule has 0 aliphatic carbocycles. The van der Waals surface area contributed by atoms with Crippen LogP contribution in [0.15, 0.2) is 41.8 Å². The second-order valence-corrected chi connectivity index (χ2v) is 5.56. The Bertz CT molecular complexity index is 698. The first-order valence-corrected chi connectivity index (χ1v) is 7.98. The molecule has 0 unspecified atom stereocenters. The summed E-state index contributed by atoms with van der Waals surface area (Å²) in [7, 11) is 0. The number of carbonyl (C=O) groups excluding carboxylic acids is 3. The van der Waals surface area contributed by atoms with Crippen LogP contribution in [0, 0.1) is 0 Å². The highest BCUT2D eigenvalue weighted by Crippen LogP contribution is 2.17. The molecule has 6 nitrogen and oxygen atoms in total. The first kappa shape index (κ1) is 16.7. The minimum atomic E-state index is -0.418. The van der Waals surface area contributed by atoms with E-state index in [2.05, 4.69) is 16.0 Å². The van der Waals surface area contributed by atoms with Crippen LogP contribution in [0.1, 0.15) is 27.0 Å². The topological polar surface area (TPSA) is 87.3 Å². The fourth-order valence-electron chi connectivity index (χ4n) is 1.90. The largest absolute Gasteiger partial charge is 0.355 e. The lowest BCUT2D eigenvalue weighted by Crippen LogP contribution is -2.37. The van der Waals surface area contributed by atoms with Crippen LogP contribution < -0.4 is 16.0 Å². The average molecular weight is 331 g/mol. The Labute approximate surface area is 137 Å². The molecule has 0 bridgehead atoms. The van der Waals surface area contributed by atoms with Crippen LogP contribution in [-0.2, 0) is 4.79 Å².